The van der Waals surface area contributed by atoms with Crippen LogP contribution in [0.1, 0.15) is 10.4 Å². The number of anilines is 2. The lowest BCUT2D eigenvalue weighted by molar-refractivity contribution is 0.0697. The number of carbonyl (C=O) groups is 1. The van der Waals surface area contributed by atoms with Gasteiger partial charge in [0.1, 0.15) is 0 Å². The van der Waals surface area contributed by atoms with Crippen LogP contribution in [0.25, 0.3) is 0 Å². The molecular weight excluding hydrogens is 231 g/mol. The normalized spacial score (nSPS) is 7.43. The van der Waals surface area contributed by atoms with E-state index in [9.17, 15) is 4.79 Å². The highest BCUT2D eigenvalue weighted by Gasteiger charge is 2.02. The van der Waals surface area contributed by atoms with E-state index in [1.165, 1.54) is 18.2 Å². The van der Waals surface area contributed by atoms with Gasteiger partial charge in [-0.1, -0.05) is 0 Å². The highest BCUT2D eigenvalue weighted by atomic mass is 35.5. The van der Waals surface area contributed by atoms with Gasteiger partial charge < -0.3 is 22.1 Å². The van der Waals surface area contributed by atoms with Gasteiger partial charge in [-0.3, -0.25) is 0 Å². The Kier molecular flexibility index (Phi) is 9.63. The maximum absolute atomic E-state index is 10.4. The van der Waals surface area contributed by atoms with Gasteiger partial charge in [-0.2, -0.15) is 0 Å². The van der Waals surface area contributed by atoms with Crippen LogP contribution in [0.15, 0.2) is 18.2 Å². The molecule has 0 fully saturated rings. The fourth-order valence-corrected chi connectivity index (χ4v) is 0.800. The van der Waals surface area contributed by atoms with Crippen LogP contribution in [0.5, 0.6) is 0 Å². The summed E-state index contributed by atoms with van der Waals surface area (Å²) < 4.78 is 0. The third-order valence-corrected chi connectivity index (χ3v) is 1.22. The van der Waals surface area contributed by atoms with Crippen molar-refractivity contribution in [1.29, 1.82) is 0 Å². The molecule has 0 atom stereocenters. The molecule has 5 nitrogen and oxygen atoms in total. The Morgan fingerprint density at radius 3 is 1.71 bits per heavy atom. The standard InChI is InChI=1S/C7H8N2O2.2ClH.H2O/c8-5-1-4(7(10)11)2-6(9)3-5;;;/h1-3H,8-9H2,(H,10,11);2*1H;1H2. The van der Waals surface area contributed by atoms with Gasteiger partial charge in [-0.05, 0) is 18.2 Å². The van der Waals surface area contributed by atoms with Gasteiger partial charge in [-0.15, -0.1) is 24.8 Å². The second kappa shape index (κ2) is 7.25. The quantitative estimate of drug-likeness (QED) is 0.624. The predicted octanol–water partition coefficient (Wildman–Crippen LogP) is 0.568. The van der Waals surface area contributed by atoms with Crippen LogP contribution in [0.3, 0.4) is 0 Å². The summed E-state index contributed by atoms with van der Waals surface area (Å²) in [6.45, 7) is 0. The third kappa shape index (κ3) is 4.76. The van der Waals surface area contributed by atoms with Crippen molar-refractivity contribution in [2.75, 3.05) is 11.5 Å². The molecule has 1 aromatic rings. The second-order valence-corrected chi connectivity index (χ2v) is 2.19. The first kappa shape index (κ1) is 18.6. The first-order chi connectivity index (χ1) is 5.09. The van der Waals surface area contributed by atoms with Gasteiger partial charge in [0.2, 0.25) is 0 Å². The van der Waals surface area contributed by atoms with Crippen molar-refractivity contribution in [3.8, 4) is 0 Å². The number of nitrogen functional groups attached to an aromatic ring is 2. The number of carboxylic acids is 1. The summed E-state index contributed by atoms with van der Waals surface area (Å²) in [7, 11) is 0. The summed E-state index contributed by atoms with van der Waals surface area (Å²) in [6, 6.07) is 4.23. The summed E-state index contributed by atoms with van der Waals surface area (Å²) >= 11 is 0. The molecule has 1 aromatic carbocycles. The van der Waals surface area contributed by atoms with E-state index in [1.54, 1.807) is 0 Å². The van der Waals surface area contributed by atoms with Crippen LogP contribution in [0.2, 0.25) is 0 Å². The molecule has 7 N–H and O–H groups in total. The molecule has 1 rings (SSSR count). The molecular formula is C7H12Cl2N2O3. The van der Waals surface area contributed by atoms with Gasteiger partial charge in [0.15, 0.2) is 0 Å². The average Bonchev–Trinajstić information content (AvgIpc) is 1.85. The molecule has 0 aliphatic carbocycles. The van der Waals surface area contributed by atoms with Gasteiger partial charge in [0.25, 0.3) is 0 Å². The van der Waals surface area contributed by atoms with Crippen molar-refractivity contribution in [3.05, 3.63) is 23.8 Å². The van der Waals surface area contributed by atoms with Crippen LogP contribution in [0, 0.1) is 0 Å². The summed E-state index contributed by atoms with van der Waals surface area (Å²) in [5, 5.41) is 8.52. The SMILES string of the molecule is Cl.Cl.Nc1cc(N)cc(C(=O)O)c1.O. The number of aromatic carboxylic acids is 1. The number of rotatable bonds is 1. The fourth-order valence-electron chi connectivity index (χ4n) is 0.800. The van der Waals surface area contributed by atoms with Crippen LogP contribution >= 0.6 is 24.8 Å². The average molecular weight is 243 g/mol. The van der Waals surface area contributed by atoms with E-state index < -0.39 is 5.97 Å². The molecule has 0 saturated carbocycles. The number of hydrogen-bond donors (Lipinski definition) is 3. The molecule has 0 spiro atoms. The highest BCUT2D eigenvalue weighted by Crippen LogP contribution is 2.12. The van der Waals surface area contributed by atoms with Gasteiger partial charge in [0, 0.05) is 11.4 Å². The molecule has 0 saturated heterocycles. The zero-order valence-corrected chi connectivity index (χ0v) is 8.69. The molecule has 0 aliphatic heterocycles. The van der Waals surface area contributed by atoms with Gasteiger partial charge in [0.05, 0.1) is 5.56 Å². The van der Waals surface area contributed by atoms with E-state index in [-0.39, 0.29) is 35.9 Å². The van der Waals surface area contributed by atoms with E-state index in [2.05, 4.69) is 0 Å². The molecule has 0 unspecified atom stereocenters. The van der Waals surface area contributed by atoms with E-state index in [4.69, 9.17) is 16.6 Å². The molecule has 7 heteroatoms. The van der Waals surface area contributed by atoms with Crippen molar-refractivity contribution in [3.63, 3.8) is 0 Å². The third-order valence-electron chi connectivity index (χ3n) is 1.22. The van der Waals surface area contributed by atoms with E-state index in [0.717, 1.165) is 0 Å². The monoisotopic (exact) mass is 242 g/mol. The van der Waals surface area contributed by atoms with Crippen molar-refractivity contribution < 1.29 is 15.4 Å². The number of nitrogens with two attached hydrogens (primary N) is 2. The number of carboxylic acid groups (broad SMARTS) is 1. The Morgan fingerprint density at radius 1 is 1.07 bits per heavy atom. The second-order valence-electron chi connectivity index (χ2n) is 2.19. The molecule has 0 aliphatic rings. The van der Waals surface area contributed by atoms with Gasteiger partial charge >= 0.3 is 5.97 Å². The number of benzene rings is 1. The summed E-state index contributed by atoms with van der Waals surface area (Å²) in [5.41, 5.74) is 11.5. The minimum Gasteiger partial charge on any atom is -0.478 e. The maximum atomic E-state index is 10.4. The fraction of sp³-hybridized carbons (Fsp3) is 0. The lowest BCUT2D eigenvalue weighted by Gasteiger charge is -1.98. The first-order valence-electron chi connectivity index (χ1n) is 2.99. The molecule has 0 heterocycles. The number of hydrogen-bond acceptors (Lipinski definition) is 3. The van der Waals surface area contributed by atoms with Crippen molar-refractivity contribution in [1.82, 2.24) is 0 Å². The van der Waals surface area contributed by atoms with Gasteiger partial charge in [-0.25, -0.2) is 4.79 Å². The molecule has 0 aromatic heterocycles. The minimum atomic E-state index is -1.02. The van der Waals surface area contributed by atoms with Crippen molar-refractivity contribution in [2.45, 2.75) is 0 Å². The van der Waals surface area contributed by atoms with Crippen LogP contribution in [0.4, 0.5) is 11.4 Å². The smallest absolute Gasteiger partial charge is 0.335 e. The summed E-state index contributed by atoms with van der Waals surface area (Å²) in [4.78, 5) is 10.4. The molecule has 0 amide bonds. The predicted molar refractivity (Wildman–Crippen MR) is 60.3 cm³/mol. The van der Waals surface area contributed by atoms with E-state index in [0.29, 0.717) is 11.4 Å². The zero-order valence-electron chi connectivity index (χ0n) is 7.06. The van der Waals surface area contributed by atoms with Crippen LogP contribution in [-0.2, 0) is 0 Å². The Morgan fingerprint density at radius 2 is 1.43 bits per heavy atom. The number of halogens is 2. The lowest BCUT2D eigenvalue weighted by atomic mass is 10.2. The van der Waals surface area contributed by atoms with E-state index in [1.807, 2.05) is 0 Å². The Labute approximate surface area is 93.2 Å². The lowest BCUT2D eigenvalue weighted by Crippen LogP contribution is -1.99. The highest BCUT2D eigenvalue weighted by molar-refractivity contribution is 5.90. The Hall–Kier alpha value is -1.17. The van der Waals surface area contributed by atoms with E-state index >= 15 is 0 Å². The van der Waals surface area contributed by atoms with Crippen molar-refractivity contribution in [2.24, 2.45) is 0 Å². The zero-order chi connectivity index (χ0) is 8.43. The molecule has 14 heavy (non-hydrogen) atoms. The minimum absolute atomic E-state index is 0. The molecule has 0 bridgehead atoms. The molecule has 0 radical (unpaired) electrons. The maximum Gasteiger partial charge on any atom is 0.335 e. The van der Waals surface area contributed by atoms with Crippen LogP contribution < -0.4 is 11.5 Å². The Bertz CT molecular complexity index is 287. The Balaban J connectivity index is -0.000000403. The molecule has 82 valence electrons. The van der Waals surface area contributed by atoms with Crippen LogP contribution in [-0.4, -0.2) is 16.6 Å². The summed E-state index contributed by atoms with van der Waals surface area (Å²) in [6.07, 6.45) is 0. The van der Waals surface area contributed by atoms with Crippen molar-refractivity contribution >= 4 is 42.2 Å². The topological polar surface area (TPSA) is 121 Å². The first-order valence-corrected chi connectivity index (χ1v) is 2.99. The largest absolute Gasteiger partial charge is 0.478 e. The summed E-state index contributed by atoms with van der Waals surface area (Å²) in [5.74, 6) is -1.02.